The number of nitrogens with one attached hydrogen (secondary N) is 2. The van der Waals surface area contributed by atoms with E-state index in [4.69, 9.17) is 9.84 Å². The third-order valence-electron chi connectivity index (χ3n) is 6.84. The maximum Gasteiger partial charge on any atom is 0.407 e. The lowest BCUT2D eigenvalue weighted by Gasteiger charge is -2.14. The van der Waals surface area contributed by atoms with E-state index in [1.165, 1.54) is 22.3 Å². The molecule has 0 aromatic heterocycles. The van der Waals surface area contributed by atoms with Crippen LogP contribution in [0.25, 0.3) is 11.1 Å². The van der Waals surface area contributed by atoms with Crippen molar-refractivity contribution < 1.29 is 24.2 Å². The molecule has 2 aliphatic rings. The van der Waals surface area contributed by atoms with Gasteiger partial charge >= 0.3 is 12.1 Å². The summed E-state index contributed by atoms with van der Waals surface area (Å²) in [5, 5.41) is 14.8. The number of carbonyl (C=O) groups is 3. The predicted molar refractivity (Wildman–Crippen MR) is 128 cm³/mol. The molecule has 1 fully saturated rings. The fourth-order valence-electron chi connectivity index (χ4n) is 5.06. The number of ether oxygens (including phenoxy) is 1. The highest BCUT2D eigenvalue weighted by Gasteiger charge is 2.30. The van der Waals surface area contributed by atoms with Crippen LogP contribution in [0.1, 0.15) is 62.0 Å². The molecule has 0 radical (unpaired) electrons. The predicted octanol–water partition coefficient (Wildman–Crippen LogP) is 4.46. The number of amides is 2. The Kier molecular flexibility index (Phi) is 7.83. The topological polar surface area (TPSA) is 105 Å². The van der Waals surface area contributed by atoms with Gasteiger partial charge in [0.15, 0.2) is 0 Å². The molecule has 7 nitrogen and oxygen atoms in total. The fraction of sp³-hybridized carbons (Fsp3) is 0.444. The first-order valence-corrected chi connectivity index (χ1v) is 12.1. The Morgan fingerprint density at radius 3 is 2.24 bits per heavy atom. The van der Waals surface area contributed by atoms with Crippen LogP contribution in [-0.4, -0.2) is 42.3 Å². The smallest absolute Gasteiger partial charge is 0.407 e. The minimum Gasteiger partial charge on any atom is -0.481 e. The summed E-state index contributed by atoms with van der Waals surface area (Å²) in [7, 11) is 0. The zero-order valence-electron chi connectivity index (χ0n) is 19.3. The van der Waals surface area contributed by atoms with Crippen LogP contribution in [0.2, 0.25) is 0 Å². The van der Waals surface area contributed by atoms with Crippen LogP contribution in [0.3, 0.4) is 0 Å². The highest BCUT2D eigenvalue weighted by atomic mass is 16.5. The number of carbonyl (C=O) groups excluding carboxylic acids is 2. The average molecular weight is 465 g/mol. The minimum absolute atomic E-state index is 0.0242. The van der Waals surface area contributed by atoms with Crippen LogP contribution in [0.5, 0.6) is 0 Å². The standard InChI is InChI=1S/C27H32N2O5/c30-25(29-19-14-13-18(16-19)26(31)32)12-2-1-7-15-28-27(33)34-17-24-22-10-5-3-8-20(22)21-9-4-6-11-23(21)24/h3-6,8-11,18-19,24H,1-2,7,12-17H2,(H,28,33)(H,29,30)(H,31,32)/t18-,19+/m0/s1. The van der Waals surface area contributed by atoms with Gasteiger partial charge < -0.3 is 20.5 Å². The molecule has 1 saturated carbocycles. The Bertz CT molecular complexity index is 992. The molecule has 180 valence electrons. The van der Waals surface area contributed by atoms with Gasteiger partial charge in [-0.15, -0.1) is 0 Å². The molecular weight excluding hydrogens is 432 g/mol. The van der Waals surface area contributed by atoms with Gasteiger partial charge in [-0.25, -0.2) is 4.79 Å². The van der Waals surface area contributed by atoms with Crippen LogP contribution < -0.4 is 10.6 Å². The van der Waals surface area contributed by atoms with Gasteiger partial charge in [-0.2, -0.15) is 0 Å². The monoisotopic (exact) mass is 464 g/mol. The van der Waals surface area contributed by atoms with Crippen molar-refractivity contribution in [3.8, 4) is 11.1 Å². The molecule has 34 heavy (non-hydrogen) atoms. The maximum atomic E-state index is 12.2. The lowest BCUT2D eigenvalue weighted by Crippen LogP contribution is -2.33. The summed E-state index contributed by atoms with van der Waals surface area (Å²) < 4.78 is 5.53. The molecule has 2 aromatic carbocycles. The van der Waals surface area contributed by atoms with Crippen LogP contribution in [0.15, 0.2) is 48.5 Å². The molecule has 3 N–H and O–H groups in total. The highest BCUT2D eigenvalue weighted by Crippen LogP contribution is 2.44. The van der Waals surface area contributed by atoms with Crippen molar-refractivity contribution in [2.45, 2.75) is 56.9 Å². The molecule has 0 saturated heterocycles. The Morgan fingerprint density at radius 1 is 0.912 bits per heavy atom. The molecule has 7 heteroatoms. The minimum atomic E-state index is -0.777. The number of benzene rings is 2. The Balaban J connectivity index is 1.10. The van der Waals surface area contributed by atoms with Gasteiger partial charge in [-0.3, -0.25) is 9.59 Å². The van der Waals surface area contributed by atoms with Crippen molar-refractivity contribution in [3.05, 3.63) is 59.7 Å². The zero-order chi connectivity index (χ0) is 23.9. The summed E-state index contributed by atoms with van der Waals surface area (Å²) in [6, 6.07) is 16.4. The summed E-state index contributed by atoms with van der Waals surface area (Å²) >= 11 is 0. The zero-order valence-corrected chi connectivity index (χ0v) is 19.3. The Labute approximate surface area is 199 Å². The number of rotatable bonds is 10. The van der Waals surface area contributed by atoms with Gasteiger partial charge in [-0.1, -0.05) is 55.0 Å². The Hall–Kier alpha value is -3.35. The van der Waals surface area contributed by atoms with E-state index in [2.05, 4.69) is 34.9 Å². The molecular formula is C27H32N2O5. The van der Waals surface area contributed by atoms with Crippen LogP contribution in [-0.2, 0) is 14.3 Å². The maximum absolute atomic E-state index is 12.2. The summed E-state index contributed by atoms with van der Waals surface area (Å²) in [6.45, 7) is 0.797. The molecule has 2 aliphatic carbocycles. The van der Waals surface area contributed by atoms with Crippen molar-refractivity contribution in [2.75, 3.05) is 13.2 Å². The van der Waals surface area contributed by atoms with E-state index in [0.717, 1.165) is 25.7 Å². The van der Waals surface area contributed by atoms with Crippen LogP contribution in [0.4, 0.5) is 4.79 Å². The first kappa shape index (κ1) is 23.8. The fourth-order valence-corrected chi connectivity index (χ4v) is 5.06. The van der Waals surface area contributed by atoms with Crippen molar-refractivity contribution in [3.63, 3.8) is 0 Å². The SMILES string of the molecule is O=C(CCCCCNC(=O)OCC1c2ccccc2-c2ccccc21)N[C@@H]1CC[C@H](C(=O)O)C1. The number of hydrogen-bond acceptors (Lipinski definition) is 4. The van der Waals surface area contributed by atoms with Gasteiger partial charge in [0.2, 0.25) is 5.91 Å². The van der Waals surface area contributed by atoms with E-state index in [1.54, 1.807) is 0 Å². The largest absolute Gasteiger partial charge is 0.481 e. The normalized spacial score (nSPS) is 18.7. The summed E-state index contributed by atoms with van der Waals surface area (Å²) in [6.07, 6.45) is 4.18. The number of hydrogen-bond donors (Lipinski definition) is 3. The molecule has 4 rings (SSSR count). The van der Waals surface area contributed by atoms with Gasteiger partial charge in [0.25, 0.3) is 0 Å². The van der Waals surface area contributed by atoms with E-state index in [0.29, 0.717) is 32.4 Å². The summed E-state index contributed by atoms with van der Waals surface area (Å²) in [5.41, 5.74) is 4.77. The number of unbranched alkanes of at least 4 members (excludes halogenated alkanes) is 2. The molecule has 0 aliphatic heterocycles. The third kappa shape index (κ3) is 5.76. The number of carboxylic acids is 1. The first-order chi connectivity index (χ1) is 16.5. The van der Waals surface area contributed by atoms with Gasteiger partial charge in [-0.05, 0) is 54.4 Å². The van der Waals surface area contributed by atoms with Crippen molar-refractivity contribution >= 4 is 18.0 Å². The van der Waals surface area contributed by atoms with Crippen molar-refractivity contribution in [1.29, 1.82) is 0 Å². The molecule has 2 aromatic rings. The van der Waals surface area contributed by atoms with Gasteiger partial charge in [0.05, 0.1) is 5.92 Å². The summed E-state index contributed by atoms with van der Waals surface area (Å²) in [5.74, 6) is -1.10. The summed E-state index contributed by atoms with van der Waals surface area (Å²) in [4.78, 5) is 35.3. The van der Waals surface area contributed by atoms with E-state index in [9.17, 15) is 14.4 Å². The lowest BCUT2D eigenvalue weighted by atomic mass is 9.98. The van der Waals surface area contributed by atoms with Crippen LogP contribution in [0, 0.1) is 5.92 Å². The third-order valence-corrected chi connectivity index (χ3v) is 6.84. The van der Waals surface area contributed by atoms with E-state index in [1.807, 2.05) is 24.3 Å². The Morgan fingerprint density at radius 2 is 1.59 bits per heavy atom. The van der Waals surface area contributed by atoms with Crippen molar-refractivity contribution in [2.24, 2.45) is 5.92 Å². The molecule has 0 heterocycles. The second-order valence-electron chi connectivity index (χ2n) is 9.18. The second kappa shape index (κ2) is 11.2. The average Bonchev–Trinajstić information content (AvgIpc) is 3.43. The first-order valence-electron chi connectivity index (χ1n) is 12.1. The highest BCUT2D eigenvalue weighted by molar-refractivity contribution is 5.79. The van der Waals surface area contributed by atoms with Gasteiger partial charge in [0.1, 0.15) is 6.61 Å². The number of aliphatic carboxylic acids is 1. The molecule has 2 amide bonds. The van der Waals surface area contributed by atoms with Gasteiger partial charge in [0, 0.05) is 24.9 Å². The molecule has 2 atom stereocenters. The van der Waals surface area contributed by atoms with E-state index in [-0.39, 0.29) is 23.8 Å². The molecule has 0 bridgehead atoms. The molecule has 0 spiro atoms. The second-order valence-corrected chi connectivity index (χ2v) is 9.18. The lowest BCUT2D eigenvalue weighted by molar-refractivity contribution is -0.141. The number of alkyl carbamates (subject to hydrolysis) is 1. The van der Waals surface area contributed by atoms with Crippen LogP contribution >= 0.6 is 0 Å². The quantitative estimate of drug-likeness (QED) is 0.451. The van der Waals surface area contributed by atoms with Crippen molar-refractivity contribution in [1.82, 2.24) is 10.6 Å². The number of fused-ring (bicyclic) bond motifs is 3. The van der Waals surface area contributed by atoms with E-state index < -0.39 is 12.1 Å². The van der Waals surface area contributed by atoms with E-state index >= 15 is 0 Å². The number of carboxylic acid groups (broad SMARTS) is 1. The molecule has 0 unspecified atom stereocenters.